The van der Waals surface area contributed by atoms with Gasteiger partial charge in [0.1, 0.15) is 0 Å². The zero-order valence-electron chi connectivity index (χ0n) is 16.5. The van der Waals surface area contributed by atoms with E-state index in [0.717, 1.165) is 38.6 Å². The lowest BCUT2D eigenvalue weighted by molar-refractivity contribution is -0.135. The minimum atomic E-state index is -0.354. The Morgan fingerprint density at radius 2 is 1.93 bits per heavy atom. The first-order valence-electron chi connectivity index (χ1n) is 10.4. The van der Waals surface area contributed by atoms with Gasteiger partial charge in [0, 0.05) is 24.7 Å². The van der Waals surface area contributed by atoms with Crippen LogP contribution in [0.3, 0.4) is 0 Å². The largest absolute Gasteiger partial charge is 0.353 e. The van der Waals surface area contributed by atoms with Gasteiger partial charge in [-0.15, -0.1) is 0 Å². The van der Waals surface area contributed by atoms with E-state index in [9.17, 15) is 9.59 Å². The zero-order chi connectivity index (χ0) is 19.0. The highest BCUT2D eigenvalue weighted by Gasteiger charge is 2.45. The Hall–Kier alpha value is -1.88. The Labute approximate surface area is 161 Å². The first-order valence-corrected chi connectivity index (χ1v) is 10.4. The summed E-state index contributed by atoms with van der Waals surface area (Å²) in [5.41, 5.74) is 2.75. The number of carbonyl (C=O) groups is 2. The van der Waals surface area contributed by atoms with Crippen molar-refractivity contribution in [2.45, 2.75) is 70.0 Å². The molecule has 1 heterocycles. The maximum absolute atomic E-state index is 12.8. The Morgan fingerprint density at radius 3 is 2.52 bits per heavy atom. The van der Waals surface area contributed by atoms with Crippen LogP contribution >= 0.6 is 0 Å². The molecule has 146 valence electrons. The molecule has 0 bridgehead atoms. The van der Waals surface area contributed by atoms with E-state index in [-0.39, 0.29) is 29.8 Å². The van der Waals surface area contributed by atoms with Crippen molar-refractivity contribution >= 4 is 11.8 Å². The molecule has 2 fully saturated rings. The van der Waals surface area contributed by atoms with E-state index in [1.54, 1.807) is 0 Å². The number of hydrogen-bond donors (Lipinski definition) is 2. The molecule has 2 N–H and O–H groups in total. The summed E-state index contributed by atoms with van der Waals surface area (Å²) in [6.07, 6.45) is 5.36. The summed E-state index contributed by atoms with van der Waals surface area (Å²) in [4.78, 5) is 27.6. The molecular weight excluding hydrogens is 338 g/mol. The van der Waals surface area contributed by atoms with Crippen molar-refractivity contribution in [3.63, 3.8) is 0 Å². The van der Waals surface area contributed by atoms with Crippen LogP contribution in [0.2, 0.25) is 0 Å². The van der Waals surface area contributed by atoms with Crippen LogP contribution in [0.1, 0.15) is 50.7 Å². The number of fused-ring (bicyclic) bond motifs is 1. The summed E-state index contributed by atoms with van der Waals surface area (Å²) in [7, 11) is 0. The maximum atomic E-state index is 12.8. The number of hydrogen-bond acceptors (Lipinski definition) is 3. The van der Waals surface area contributed by atoms with Gasteiger partial charge in [0.15, 0.2) is 0 Å². The third kappa shape index (κ3) is 4.03. The molecule has 2 aliphatic carbocycles. The van der Waals surface area contributed by atoms with Crippen LogP contribution in [0.4, 0.5) is 0 Å². The number of nitrogens with one attached hydrogen (secondary N) is 2. The van der Waals surface area contributed by atoms with Gasteiger partial charge in [-0.25, -0.2) is 0 Å². The summed E-state index contributed by atoms with van der Waals surface area (Å²) in [5, 5.41) is 6.21. The molecule has 0 unspecified atom stereocenters. The minimum absolute atomic E-state index is 0.000984. The van der Waals surface area contributed by atoms with Gasteiger partial charge in [0.2, 0.25) is 11.8 Å². The minimum Gasteiger partial charge on any atom is -0.353 e. The molecule has 1 aromatic rings. The zero-order valence-corrected chi connectivity index (χ0v) is 16.5. The molecule has 3 aliphatic rings. The van der Waals surface area contributed by atoms with Crippen LogP contribution in [-0.2, 0) is 22.4 Å². The van der Waals surface area contributed by atoms with Gasteiger partial charge in [-0.2, -0.15) is 0 Å². The molecule has 4 rings (SSSR count). The van der Waals surface area contributed by atoms with Crippen LogP contribution in [0.25, 0.3) is 0 Å². The van der Waals surface area contributed by atoms with E-state index in [1.165, 1.54) is 11.1 Å². The lowest BCUT2D eigenvalue weighted by atomic mass is 10.00. The molecule has 27 heavy (non-hydrogen) atoms. The topological polar surface area (TPSA) is 61.4 Å². The molecule has 1 aliphatic heterocycles. The number of piperazine rings is 1. The second-order valence-corrected chi connectivity index (χ2v) is 9.01. The van der Waals surface area contributed by atoms with Crippen molar-refractivity contribution in [3.05, 3.63) is 35.4 Å². The van der Waals surface area contributed by atoms with Gasteiger partial charge in [-0.1, -0.05) is 38.1 Å². The molecule has 5 nitrogen and oxygen atoms in total. The average Bonchev–Trinajstić information content (AvgIpc) is 3.20. The number of amides is 2. The molecule has 2 amide bonds. The number of nitrogens with zero attached hydrogens (tertiary/aromatic N) is 1. The summed E-state index contributed by atoms with van der Waals surface area (Å²) in [6, 6.07) is 8.50. The van der Waals surface area contributed by atoms with Crippen molar-refractivity contribution in [1.29, 1.82) is 0 Å². The average molecular weight is 370 g/mol. The molecular formula is C22H31N3O2. The molecule has 5 heteroatoms. The van der Waals surface area contributed by atoms with E-state index in [1.807, 2.05) is 0 Å². The molecule has 1 saturated carbocycles. The van der Waals surface area contributed by atoms with E-state index in [2.05, 4.69) is 53.6 Å². The smallest absolute Gasteiger partial charge is 0.237 e. The van der Waals surface area contributed by atoms with Crippen LogP contribution in [-0.4, -0.2) is 47.4 Å². The fraction of sp³-hybridized carbons (Fsp3) is 0.636. The lowest BCUT2D eigenvalue weighted by Gasteiger charge is -2.39. The van der Waals surface area contributed by atoms with Crippen LogP contribution < -0.4 is 10.6 Å². The molecule has 1 saturated heterocycles. The summed E-state index contributed by atoms with van der Waals surface area (Å²) < 4.78 is 0. The van der Waals surface area contributed by atoms with Gasteiger partial charge in [-0.3, -0.25) is 14.5 Å². The summed E-state index contributed by atoms with van der Waals surface area (Å²) in [5.74, 6) is 0.594. The Kier molecular flexibility index (Phi) is 4.97. The van der Waals surface area contributed by atoms with Crippen molar-refractivity contribution in [2.75, 3.05) is 13.1 Å². The number of carbonyl (C=O) groups excluding carboxylic acids is 2. The van der Waals surface area contributed by atoms with Crippen molar-refractivity contribution < 1.29 is 9.59 Å². The second kappa shape index (κ2) is 7.27. The van der Waals surface area contributed by atoms with E-state index in [0.29, 0.717) is 18.5 Å². The second-order valence-electron chi connectivity index (χ2n) is 9.01. The normalized spacial score (nSPS) is 24.6. The first kappa shape index (κ1) is 18.5. The third-order valence-corrected chi connectivity index (χ3v) is 6.31. The Bertz CT molecular complexity index is 701. The number of rotatable bonds is 6. The van der Waals surface area contributed by atoms with Gasteiger partial charge in [0.05, 0.1) is 12.5 Å². The van der Waals surface area contributed by atoms with Crippen molar-refractivity contribution in [3.8, 4) is 0 Å². The SMILES string of the molecule is CC(C)CC1(NC(=O)C[C@H]2C(=O)NCCN2C2Cc3ccccc3C2)CC1. The summed E-state index contributed by atoms with van der Waals surface area (Å²) >= 11 is 0. The standard InChI is InChI=1S/C22H31N3O2/c1-15(2)14-22(7-8-22)24-20(26)13-19-21(27)23-9-10-25(19)18-11-16-5-3-4-6-17(16)12-18/h3-6,15,18-19H,7-14H2,1-2H3,(H,23,27)(H,24,26)/t19-/m0/s1. The highest BCUT2D eigenvalue weighted by Crippen LogP contribution is 2.41. The Balaban J connectivity index is 1.42. The molecule has 0 radical (unpaired) electrons. The molecule has 0 aromatic heterocycles. The fourth-order valence-corrected chi connectivity index (χ4v) is 4.98. The van der Waals surface area contributed by atoms with Crippen molar-refractivity contribution in [1.82, 2.24) is 15.5 Å². The first-order chi connectivity index (χ1) is 13.0. The summed E-state index contributed by atoms with van der Waals surface area (Å²) in [6.45, 7) is 5.88. The predicted molar refractivity (Wildman–Crippen MR) is 105 cm³/mol. The van der Waals surface area contributed by atoms with E-state index in [4.69, 9.17) is 0 Å². The lowest BCUT2D eigenvalue weighted by Crippen LogP contribution is -2.60. The van der Waals surface area contributed by atoms with Gasteiger partial charge in [-0.05, 0) is 49.1 Å². The van der Waals surface area contributed by atoms with Gasteiger partial charge < -0.3 is 10.6 Å². The maximum Gasteiger partial charge on any atom is 0.237 e. The molecule has 0 spiro atoms. The van der Waals surface area contributed by atoms with Crippen LogP contribution in [0, 0.1) is 5.92 Å². The van der Waals surface area contributed by atoms with Crippen LogP contribution in [0.5, 0.6) is 0 Å². The molecule has 1 atom stereocenters. The van der Waals surface area contributed by atoms with E-state index < -0.39 is 0 Å². The monoisotopic (exact) mass is 369 g/mol. The predicted octanol–water partition coefficient (Wildman–Crippen LogP) is 2.04. The van der Waals surface area contributed by atoms with Gasteiger partial charge in [0.25, 0.3) is 0 Å². The van der Waals surface area contributed by atoms with E-state index >= 15 is 0 Å². The fourth-order valence-electron chi connectivity index (χ4n) is 4.98. The van der Waals surface area contributed by atoms with Crippen LogP contribution in [0.15, 0.2) is 24.3 Å². The molecule has 1 aromatic carbocycles. The third-order valence-electron chi connectivity index (χ3n) is 6.31. The highest BCUT2D eigenvalue weighted by molar-refractivity contribution is 5.89. The number of benzene rings is 1. The van der Waals surface area contributed by atoms with Gasteiger partial charge >= 0.3 is 0 Å². The Morgan fingerprint density at radius 1 is 1.26 bits per heavy atom. The quantitative estimate of drug-likeness (QED) is 0.807. The van der Waals surface area contributed by atoms with Crippen molar-refractivity contribution in [2.24, 2.45) is 5.92 Å². The highest BCUT2D eigenvalue weighted by atomic mass is 16.2.